The van der Waals surface area contributed by atoms with Crippen molar-refractivity contribution in [1.82, 2.24) is 14.7 Å². The number of hydrogen-bond donors (Lipinski definition) is 1. The van der Waals surface area contributed by atoms with E-state index in [1.165, 1.54) is 0 Å². The van der Waals surface area contributed by atoms with Crippen LogP contribution in [0, 0.1) is 0 Å². The van der Waals surface area contributed by atoms with Crippen LogP contribution in [0.2, 0.25) is 0 Å². The van der Waals surface area contributed by atoms with Crippen LogP contribution in [0.25, 0.3) is 0 Å². The van der Waals surface area contributed by atoms with Gasteiger partial charge in [0.05, 0.1) is 0 Å². The molecule has 0 aliphatic carbocycles. The van der Waals surface area contributed by atoms with E-state index >= 15 is 0 Å². The predicted molar refractivity (Wildman–Crippen MR) is 79.4 cm³/mol. The van der Waals surface area contributed by atoms with E-state index in [9.17, 15) is 9.59 Å². The lowest BCUT2D eigenvalue weighted by Crippen LogP contribution is -2.54. The zero-order valence-corrected chi connectivity index (χ0v) is 12.8. The van der Waals surface area contributed by atoms with Crippen molar-refractivity contribution in [3.63, 3.8) is 0 Å². The van der Waals surface area contributed by atoms with E-state index in [4.69, 9.17) is 5.73 Å². The first kappa shape index (κ1) is 16.8. The summed E-state index contributed by atoms with van der Waals surface area (Å²) in [4.78, 5) is 29.7. The number of urea groups is 1. The Morgan fingerprint density at radius 1 is 1.00 bits per heavy atom. The van der Waals surface area contributed by atoms with Gasteiger partial charge in [-0.15, -0.1) is 0 Å². The summed E-state index contributed by atoms with van der Waals surface area (Å²) in [5.41, 5.74) is 5.43. The monoisotopic (exact) mass is 284 g/mol. The maximum absolute atomic E-state index is 12.2. The topological polar surface area (TPSA) is 69.9 Å². The van der Waals surface area contributed by atoms with Gasteiger partial charge in [0.25, 0.3) is 0 Å². The molecule has 116 valence electrons. The summed E-state index contributed by atoms with van der Waals surface area (Å²) < 4.78 is 0. The molecule has 0 aromatic carbocycles. The highest BCUT2D eigenvalue weighted by Gasteiger charge is 2.25. The Bertz CT molecular complexity index is 310. The summed E-state index contributed by atoms with van der Waals surface area (Å²) in [6, 6.07) is 0.0882. The minimum Gasteiger partial charge on any atom is -0.339 e. The molecule has 1 aliphatic rings. The Balaban J connectivity index is 2.35. The highest BCUT2D eigenvalue weighted by Crippen LogP contribution is 2.08. The molecule has 6 nitrogen and oxygen atoms in total. The largest absolute Gasteiger partial charge is 0.339 e. The van der Waals surface area contributed by atoms with Crippen LogP contribution in [0.3, 0.4) is 0 Å². The van der Waals surface area contributed by atoms with Crippen molar-refractivity contribution in [2.24, 2.45) is 5.73 Å². The SMILES string of the molecule is CCN(CC)C(=O)N1CCN(C(=O)CCCCN)CC1. The number of carbonyl (C=O) groups excluding carboxylic acids is 2. The highest BCUT2D eigenvalue weighted by molar-refractivity contribution is 5.77. The molecule has 1 aliphatic heterocycles. The van der Waals surface area contributed by atoms with Gasteiger partial charge in [-0.1, -0.05) is 0 Å². The number of hydrogen-bond acceptors (Lipinski definition) is 3. The normalized spacial score (nSPS) is 15.3. The quantitative estimate of drug-likeness (QED) is 0.731. The Labute approximate surface area is 121 Å². The fourth-order valence-electron chi connectivity index (χ4n) is 2.42. The Kier molecular flexibility index (Phi) is 7.36. The van der Waals surface area contributed by atoms with E-state index in [1.54, 1.807) is 0 Å². The summed E-state index contributed by atoms with van der Waals surface area (Å²) >= 11 is 0. The van der Waals surface area contributed by atoms with Crippen molar-refractivity contribution in [3.8, 4) is 0 Å². The van der Waals surface area contributed by atoms with Crippen LogP contribution in [0.5, 0.6) is 0 Å². The van der Waals surface area contributed by atoms with Gasteiger partial charge in [-0.3, -0.25) is 4.79 Å². The van der Waals surface area contributed by atoms with E-state index in [0.29, 0.717) is 39.1 Å². The van der Waals surface area contributed by atoms with Gasteiger partial charge >= 0.3 is 6.03 Å². The zero-order chi connectivity index (χ0) is 15.0. The second-order valence-corrected chi connectivity index (χ2v) is 5.07. The standard InChI is InChI=1S/C14H28N4O2/c1-3-16(4-2)14(20)18-11-9-17(10-12-18)13(19)7-5-6-8-15/h3-12,15H2,1-2H3. The van der Waals surface area contributed by atoms with E-state index in [0.717, 1.165) is 25.9 Å². The van der Waals surface area contributed by atoms with Gasteiger partial charge in [-0.2, -0.15) is 0 Å². The third-order valence-electron chi connectivity index (χ3n) is 3.78. The number of amides is 3. The molecule has 1 fully saturated rings. The molecule has 0 aromatic rings. The molecule has 0 saturated carbocycles. The maximum atomic E-state index is 12.2. The van der Waals surface area contributed by atoms with Crippen LogP contribution in [0.15, 0.2) is 0 Å². The van der Waals surface area contributed by atoms with Crippen LogP contribution in [0.4, 0.5) is 4.79 Å². The zero-order valence-electron chi connectivity index (χ0n) is 12.8. The van der Waals surface area contributed by atoms with Gasteiger partial charge in [0.2, 0.25) is 5.91 Å². The number of nitrogens with zero attached hydrogens (tertiary/aromatic N) is 3. The van der Waals surface area contributed by atoms with Crippen molar-refractivity contribution in [1.29, 1.82) is 0 Å². The predicted octanol–water partition coefficient (Wildman–Crippen LogP) is 0.721. The number of nitrogens with two attached hydrogens (primary N) is 1. The molecule has 3 amide bonds. The molecule has 1 rings (SSSR count). The summed E-state index contributed by atoms with van der Waals surface area (Å²) in [5.74, 6) is 0.188. The molecule has 1 heterocycles. The van der Waals surface area contributed by atoms with Crippen molar-refractivity contribution in [2.45, 2.75) is 33.1 Å². The molecule has 20 heavy (non-hydrogen) atoms. The van der Waals surface area contributed by atoms with Gasteiger partial charge in [-0.05, 0) is 33.2 Å². The van der Waals surface area contributed by atoms with Crippen LogP contribution >= 0.6 is 0 Å². The summed E-state index contributed by atoms with van der Waals surface area (Å²) in [5, 5.41) is 0. The lowest BCUT2D eigenvalue weighted by atomic mass is 10.2. The molecular formula is C14H28N4O2. The summed E-state index contributed by atoms with van der Waals surface area (Å²) in [7, 11) is 0. The highest BCUT2D eigenvalue weighted by atomic mass is 16.2. The molecule has 2 N–H and O–H groups in total. The maximum Gasteiger partial charge on any atom is 0.320 e. The van der Waals surface area contributed by atoms with Crippen LogP contribution in [-0.2, 0) is 4.79 Å². The molecular weight excluding hydrogens is 256 g/mol. The molecule has 6 heteroatoms. The number of rotatable bonds is 6. The lowest BCUT2D eigenvalue weighted by Gasteiger charge is -2.37. The van der Waals surface area contributed by atoms with Crippen molar-refractivity contribution < 1.29 is 9.59 Å². The number of unbranched alkanes of at least 4 members (excludes halogenated alkanes) is 1. The Hall–Kier alpha value is -1.30. The third kappa shape index (κ3) is 4.67. The fraction of sp³-hybridized carbons (Fsp3) is 0.857. The second kappa shape index (κ2) is 8.79. The minimum absolute atomic E-state index is 0.0882. The van der Waals surface area contributed by atoms with Crippen LogP contribution in [0.1, 0.15) is 33.1 Å². The number of carbonyl (C=O) groups is 2. The smallest absolute Gasteiger partial charge is 0.320 e. The summed E-state index contributed by atoms with van der Waals surface area (Å²) in [6.07, 6.45) is 2.32. The first-order valence-corrected chi connectivity index (χ1v) is 7.65. The van der Waals surface area contributed by atoms with Crippen molar-refractivity contribution >= 4 is 11.9 Å². The van der Waals surface area contributed by atoms with Crippen LogP contribution in [-0.4, -0.2) is 72.5 Å². The first-order valence-electron chi connectivity index (χ1n) is 7.65. The molecule has 0 unspecified atom stereocenters. The van der Waals surface area contributed by atoms with Gasteiger partial charge in [0, 0.05) is 45.7 Å². The number of piperazine rings is 1. The van der Waals surface area contributed by atoms with E-state index < -0.39 is 0 Å². The van der Waals surface area contributed by atoms with E-state index in [1.807, 2.05) is 28.5 Å². The summed E-state index contributed by atoms with van der Waals surface area (Å²) in [6.45, 7) is 8.64. The second-order valence-electron chi connectivity index (χ2n) is 5.07. The van der Waals surface area contributed by atoms with E-state index in [2.05, 4.69) is 0 Å². The van der Waals surface area contributed by atoms with Gasteiger partial charge in [0.15, 0.2) is 0 Å². The fourth-order valence-corrected chi connectivity index (χ4v) is 2.42. The van der Waals surface area contributed by atoms with E-state index in [-0.39, 0.29) is 11.9 Å². The Morgan fingerprint density at radius 2 is 1.55 bits per heavy atom. The molecule has 0 bridgehead atoms. The molecule has 0 radical (unpaired) electrons. The van der Waals surface area contributed by atoms with Crippen molar-refractivity contribution in [2.75, 3.05) is 45.8 Å². The molecule has 1 saturated heterocycles. The van der Waals surface area contributed by atoms with Gasteiger partial charge in [0.1, 0.15) is 0 Å². The Morgan fingerprint density at radius 3 is 2.05 bits per heavy atom. The van der Waals surface area contributed by atoms with Gasteiger partial charge < -0.3 is 20.4 Å². The third-order valence-corrected chi connectivity index (χ3v) is 3.78. The molecule has 0 atom stereocenters. The molecule has 0 aromatic heterocycles. The average molecular weight is 284 g/mol. The first-order chi connectivity index (χ1) is 9.63. The van der Waals surface area contributed by atoms with Crippen LogP contribution < -0.4 is 5.73 Å². The lowest BCUT2D eigenvalue weighted by molar-refractivity contribution is -0.132. The minimum atomic E-state index is 0.0882. The average Bonchev–Trinajstić information content (AvgIpc) is 2.48. The molecule has 0 spiro atoms. The van der Waals surface area contributed by atoms with Gasteiger partial charge in [-0.25, -0.2) is 4.79 Å². The van der Waals surface area contributed by atoms with Crippen molar-refractivity contribution in [3.05, 3.63) is 0 Å².